The normalized spacial score (nSPS) is 11.2. The van der Waals surface area contributed by atoms with E-state index < -0.39 is 0 Å². The van der Waals surface area contributed by atoms with Crippen molar-refractivity contribution in [3.8, 4) is 11.1 Å². The second-order valence-electron chi connectivity index (χ2n) is 12.3. The van der Waals surface area contributed by atoms with Crippen molar-refractivity contribution in [1.82, 2.24) is 5.32 Å². The molecule has 6 N–H and O–H groups in total. The highest BCUT2D eigenvalue weighted by molar-refractivity contribution is 6.05. The Morgan fingerprint density at radius 3 is 1.74 bits per heavy atom. The number of rotatable bonds is 12. The van der Waals surface area contributed by atoms with E-state index in [1.54, 1.807) is 0 Å². The van der Waals surface area contributed by atoms with Crippen LogP contribution >= 0.6 is 0 Å². The lowest BCUT2D eigenvalue weighted by atomic mass is 9.89. The molecule has 0 aliphatic rings. The van der Waals surface area contributed by atoms with Crippen molar-refractivity contribution < 1.29 is 0 Å². The fourth-order valence-electron chi connectivity index (χ4n) is 5.76. The summed E-state index contributed by atoms with van der Waals surface area (Å²) in [4.78, 5) is 0. The maximum atomic E-state index is 6.35. The SMILES string of the molecule is C=C(C(=C)c1ccccc1/C=C\Nc1cccc(-c2cccc(CNC(N)c3ccccc3)c2)c1)c1ccccc1/C=C\C.CN.Cc1ccccc1. The fourth-order valence-corrected chi connectivity index (χ4v) is 5.76. The molecule has 0 spiro atoms. The minimum Gasteiger partial charge on any atom is -0.362 e. The number of hydrogen-bond acceptors (Lipinski definition) is 4. The number of nitrogens with one attached hydrogen (secondary N) is 2. The van der Waals surface area contributed by atoms with Gasteiger partial charge in [0.1, 0.15) is 0 Å². The van der Waals surface area contributed by atoms with Crippen molar-refractivity contribution in [2.45, 2.75) is 26.6 Å². The van der Waals surface area contributed by atoms with E-state index in [1.807, 2.05) is 92.0 Å². The zero-order valence-corrected chi connectivity index (χ0v) is 31.2. The molecule has 0 radical (unpaired) electrons. The highest BCUT2D eigenvalue weighted by atomic mass is 15.0. The van der Waals surface area contributed by atoms with Gasteiger partial charge in [0, 0.05) is 18.4 Å². The van der Waals surface area contributed by atoms with Gasteiger partial charge in [-0.15, -0.1) is 0 Å². The molecule has 0 fully saturated rings. The van der Waals surface area contributed by atoms with Crippen LogP contribution in [0, 0.1) is 6.92 Å². The monoisotopic (exact) mass is 696 g/mol. The van der Waals surface area contributed by atoms with Gasteiger partial charge in [0.05, 0.1) is 6.17 Å². The first-order valence-electron chi connectivity index (χ1n) is 17.9. The molecule has 0 bridgehead atoms. The molecule has 0 heterocycles. The van der Waals surface area contributed by atoms with Crippen LogP contribution in [0.4, 0.5) is 5.69 Å². The molecule has 268 valence electrons. The summed E-state index contributed by atoms with van der Waals surface area (Å²) in [5.74, 6) is 0. The lowest BCUT2D eigenvalue weighted by molar-refractivity contribution is 0.552. The number of hydrogen-bond donors (Lipinski definition) is 4. The Morgan fingerprint density at radius 2 is 1.15 bits per heavy atom. The quantitative estimate of drug-likeness (QED) is 0.0759. The van der Waals surface area contributed by atoms with Crippen molar-refractivity contribution in [2.24, 2.45) is 11.5 Å². The first kappa shape index (κ1) is 39.7. The van der Waals surface area contributed by atoms with Crippen molar-refractivity contribution >= 4 is 29.0 Å². The van der Waals surface area contributed by atoms with Gasteiger partial charge in [-0.1, -0.05) is 170 Å². The van der Waals surface area contributed by atoms with E-state index in [0.29, 0.717) is 6.54 Å². The van der Waals surface area contributed by atoms with Crippen molar-refractivity contribution in [2.75, 3.05) is 12.4 Å². The van der Waals surface area contributed by atoms with Gasteiger partial charge in [-0.05, 0) is 101 Å². The molecule has 4 nitrogen and oxygen atoms in total. The number of aryl methyl sites for hydroxylation is 1. The Kier molecular flexibility index (Phi) is 16.0. The van der Waals surface area contributed by atoms with Crippen molar-refractivity contribution in [3.05, 3.63) is 222 Å². The van der Waals surface area contributed by atoms with Crippen LogP contribution in [0.15, 0.2) is 183 Å². The lowest BCUT2D eigenvalue weighted by Gasteiger charge is -2.15. The predicted octanol–water partition coefficient (Wildman–Crippen LogP) is 11.5. The molecule has 0 aromatic heterocycles. The predicted molar refractivity (Wildman–Crippen MR) is 232 cm³/mol. The minimum atomic E-state index is -0.214. The summed E-state index contributed by atoms with van der Waals surface area (Å²) in [6, 6.07) is 53.9. The van der Waals surface area contributed by atoms with Crippen LogP contribution in [-0.4, -0.2) is 7.05 Å². The van der Waals surface area contributed by atoms with E-state index in [2.05, 4.69) is 134 Å². The molecule has 6 rings (SSSR count). The summed E-state index contributed by atoms with van der Waals surface area (Å²) < 4.78 is 0. The van der Waals surface area contributed by atoms with Gasteiger partial charge >= 0.3 is 0 Å². The molecule has 0 saturated heterocycles. The topological polar surface area (TPSA) is 76.1 Å². The van der Waals surface area contributed by atoms with E-state index in [4.69, 9.17) is 5.73 Å². The van der Waals surface area contributed by atoms with Crippen LogP contribution in [0.1, 0.15) is 52.0 Å². The van der Waals surface area contributed by atoms with Crippen LogP contribution in [0.5, 0.6) is 0 Å². The zero-order chi connectivity index (χ0) is 37.8. The van der Waals surface area contributed by atoms with Gasteiger partial charge in [-0.3, -0.25) is 5.32 Å². The van der Waals surface area contributed by atoms with Crippen LogP contribution in [0.3, 0.4) is 0 Å². The largest absolute Gasteiger partial charge is 0.362 e. The van der Waals surface area contributed by atoms with Crippen molar-refractivity contribution in [1.29, 1.82) is 0 Å². The van der Waals surface area contributed by atoms with E-state index in [1.165, 1.54) is 18.2 Å². The summed E-state index contributed by atoms with van der Waals surface area (Å²) >= 11 is 0. The van der Waals surface area contributed by atoms with Gasteiger partial charge in [0.2, 0.25) is 0 Å². The molecular formula is C49H52N4. The van der Waals surface area contributed by atoms with E-state index >= 15 is 0 Å². The smallest absolute Gasteiger partial charge is 0.0812 e. The fraction of sp³-hybridized carbons (Fsp3) is 0.102. The summed E-state index contributed by atoms with van der Waals surface area (Å²) in [6.45, 7) is 13.6. The summed E-state index contributed by atoms with van der Waals surface area (Å²) in [7, 11) is 1.50. The molecule has 1 atom stereocenters. The average molecular weight is 697 g/mol. The second-order valence-corrected chi connectivity index (χ2v) is 12.3. The standard InChI is InChI=1S/C41H39N3.C7H8.CH5N/c1-4-14-33-16-8-10-23-39(33)30(2)31(3)40-24-11-9-17-34(40)25-26-43-38-22-13-21-37(28-38)36-20-12-15-32(27-36)29-44-41(42)35-18-6-5-7-19-35;1-7-5-3-2-4-6-7;1-2/h4-28,41,43-44H,2-3,29,42H2,1H3;2-6H,1H3;2H2,1H3/b14-4-,26-25-;;. The minimum absolute atomic E-state index is 0.214. The zero-order valence-electron chi connectivity index (χ0n) is 31.2. The Labute approximate surface area is 316 Å². The van der Waals surface area contributed by atoms with Crippen LogP contribution < -0.4 is 22.1 Å². The lowest BCUT2D eigenvalue weighted by Crippen LogP contribution is -2.28. The summed E-state index contributed by atoms with van der Waals surface area (Å²) in [6.07, 6.45) is 8.00. The highest BCUT2D eigenvalue weighted by Crippen LogP contribution is 2.33. The Bertz CT molecular complexity index is 2090. The van der Waals surface area contributed by atoms with Crippen molar-refractivity contribution in [3.63, 3.8) is 0 Å². The molecule has 6 aromatic carbocycles. The summed E-state index contributed by atoms with van der Waals surface area (Å²) in [5, 5.41) is 6.89. The van der Waals surface area contributed by atoms with Gasteiger partial charge in [-0.2, -0.15) is 0 Å². The Balaban J connectivity index is 0.000000617. The molecule has 1 unspecified atom stereocenters. The third-order valence-corrected chi connectivity index (χ3v) is 8.54. The number of benzene rings is 6. The molecular weight excluding hydrogens is 645 g/mol. The molecule has 0 aliphatic heterocycles. The Morgan fingerprint density at radius 1 is 0.623 bits per heavy atom. The third kappa shape index (κ3) is 12.0. The number of anilines is 1. The number of allylic oxidation sites excluding steroid dienone is 3. The molecule has 0 amide bonds. The molecule has 0 saturated carbocycles. The second kappa shape index (κ2) is 21.4. The van der Waals surface area contributed by atoms with Gasteiger partial charge in [0.15, 0.2) is 0 Å². The van der Waals surface area contributed by atoms with Crippen LogP contribution in [0.25, 0.3) is 34.4 Å². The third-order valence-electron chi connectivity index (χ3n) is 8.54. The highest BCUT2D eigenvalue weighted by Gasteiger charge is 2.11. The Hall–Kier alpha value is -6.04. The molecule has 6 aromatic rings. The van der Waals surface area contributed by atoms with Gasteiger partial charge in [-0.25, -0.2) is 0 Å². The molecule has 4 heteroatoms. The maximum absolute atomic E-state index is 6.35. The molecule has 0 aliphatic carbocycles. The average Bonchev–Trinajstić information content (AvgIpc) is 3.22. The molecule has 53 heavy (non-hydrogen) atoms. The van der Waals surface area contributed by atoms with E-state index in [-0.39, 0.29) is 6.17 Å². The maximum Gasteiger partial charge on any atom is 0.0812 e. The van der Waals surface area contributed by atoms with Gasteiger partial charge < -0.3 is 16.8 Å². The van der Waals surface area contributed by atoms with E-state index in [0.717, 1.165) is 55.8 Å². The number of nitrogens with two attached hydrogens (primary N) is 2. The first-order chi connectivity index (χ1) is 25.9. The van der Waals surface area contributed by atoms with Gasteiger partial charge in [0.25, 0.3) is 0 Å². The van der Waals surface area contributed by atoms with E-state index in [9.17, 15) is 0 Å². The first-order valence-corrected chi connectivity index (χ1v) is 17.9. The summed E-state index contributed by atoms with van der Waals surface area (Å²) in [5.41, 5.74) is 23.9. The van der Waals surface area contributed by atoms with Crippen LogP contribution in [-0.2, 0) is 6.54 Å². The van der Waals surface area contributed by atoms with Crippen LogP contribution in [0.2, 0.25) is 0 Å².